The molecule has 0 spiro atoms. The summed E-state index contributed by atoms with van der Waals surface area (Å²) in [6.45, 7) is 2.59. The summed E-state index contributed by atoms with van der Waals surface area (Å²) in [5, 5.41) is 2.68. The summed E-state index contributed by atoms with van der Waals surface area (Å²) in [6, 6.07) is 17.6. The Bertz CT molecular complexity index is 815. The number of hydrogen-bond donors (Lipinski definition) is 1. The van der Waals surface area contributed by atoms with Gasteiger partial charge in [0.1, 0.15) is 19.3 Å². The van der Waals surface area contributed by atoms with Crippen molar-refractivity contribution in [3.8, 4) is 0 Å². The topological polar surface area (TPSA) is 90.9 Å². The monoisotopic (exact) mass is 447 g/mol. The van der Waals surface area contributed by atoms with Crippen molar-refractivity contribution in [2.24, 2.45) is 0 Å². The quantitative estimate of drug-likeness (QED) is 0.260. The van der Waals surface area contributed by atoms with Gasteiger partial charge in [-0.1, -0.05) is 74.0 Å². The Kier molecular flexibility index (Phi) is 11.6. The Morgan fingerprint density at radius 3 is 2.10 bits per heavy atom. The van der Waals surface area contributed by atoms with Gasteiger partial charge in [-0.25, -0.2) is 5.09 Å². The molecule has 0 saturated carbocycles. The Labute approximate surface area is 184 Å². The first-order valence-electron chi connectivity index (χ1n) is 10.4. The molecule has 0 bridgehead atoms. The lowest BCUT2D eigenvalue weighted by Gasteiger charge is -2.17. The molecule has 0 heterocycles. The lowest BCUT2D eigenvalue weighted by molar-refractivity contribution is -0.148. The summed E-state index contributed by atoms with van der Waals surface area (Å²) in [4.78, 5) is 24.7. The van der Waals surface area contributed by atoms with E-state index in [9.17, 15) is 14.2 Å². The van der Waals surface area contributed by atoms with E-state index >= 15 is 0 Å². The molecule has 0 aliphatic rings. The van der Waals surface area contributed by atoms with E-state index in [1.54, 1.807) is 0 Å². The van der Waals surface area contributed by atoms with Crippen molar-refractivity contribution < 1.29 is 28.2 Å². The molecule has 2 atom stereocenters. The van der Waals surface area contributed by atoms with Crippen molar-refractivity contribution in [2.45, 2.75) is 51.9 Å². The molecule has 0 radical (unpaired) electrons. The van der Waals surface area contributed by atoms with E-state index in [2.05, 4.69) is 5.09 Å². The van der Waals surface area contributed by atoms with E-state index in [-0.39, 0.29) is 26.1 Å². The highest BCUT2D eigenvalue weighted by atomic mass is 31.1. The van der Waals surface area contributed by atoms with Crippen LogP contribution in [0.4, 0.5) is 0 Å². The molecular weight excluding hydrogens is 417 g/mol. The fourth-order valence-electron chi connectivity index (χ4n) is 2.64. The van der Waals surface area contributed by atoms with Crippen LogP contribution in [-0.2, 0) is 41.4 Å². The van der Waals surface area contributed by atoms with Crippen LogP contribution in [0.5, 0.6) is 0 Å². The predicted molar refractivity (Wildman–Crippen MR) is 118 cm³/mol. The van der Waals surface area contributed by atoms with Gasteiger partial charge in [0.15, 0.2) is 0 Å². The van der Waals surface area contributed by atoms with Crippen LogP contribution >= 0.6 is 8.18 Å². The average Bonchev–Trinajstić information content (AvgIpc) is 2.80. The van der Waals surface area contributed by atoms with E-state index < -0.39 is 26.2 Å². The fourth-order valence-corrected chi connectivity index (χ4v) is 3.60. The Balaban J connectivity index is 1.86. The van der Waals surface area contributed by atoms with E-state index in [1.807, 2.05) is 67.6 Å². The molecule has 31 heavy (non-hydrogen) atoms. The highest BCUT2D eigenvalue weighted by Gasteiger charge is 2.23. The van der Waals surface area contributed by atoms with Gasteiger partial charge < -0.3 is 14.0 Å². The van der Waals surface area contributed by atoms with Crippen LogP contribution in [0.1, 0.15) is 43.7 Å². The Morgan fingerprint density at radius 2 is 1.52 bits per heavy atom. The van der Waals surface area contributed by atoms with Crippen molar-refractivity contribution in [2.75, 3.05) is 6.61 Å². The number of hydrogen-bond acceptors (Lipinski definition) is 6. The lowest BCUT2D eigenvalue weighted by Crippen LogP contribution is -2.35. The minimum atomic E-state index is -2.64. The molecule has 2 aromatic carbocycles. The van der Waals surface area contributed by atoms with Crippen molar-refractivity contribution in [1.82, 2.24) is 5.09 Å². The maximum atomic E-state index is 12.6. The van der Waals surface area contributed by atoms with Crippen LogP contribution in [0.2, 0.25) is 0 Å². The molecule has 7 nitrogen and oxygen atoms in total. The van der Waals surface area contributed by atoms with Crippen molar-refractivity contribution >= 4 is 20.1 Å². The third kappa shape index (κ3) is 10.4. The smallest absolute Gasteiger partial charge is 0.323 e. The summed E-state index contributed by atoms with van der Waals surface area (Å²) in [7, 11) is -2.64. The Hall–Kier alpha value is -2.47. The highest BCUT2D eigenvalue weighted by Crippen LogP contribution is 2.20. The third-order valence-corrected chi connectivity index (χ3v) is 5.46. The minimum Gasteiger partial charge on any atom is -0.461 e. The van der Waals surface area contributed by atoms with E-state index in [4.69, 9.17) is 14.0 Å². The van der Waals surface area contributed by atoms with Crippen LogP contribution < -0.4 is 5.09 Å². The van der Waals surface area contributed by atoms with Crippen LogP contribution in [-0.4, -0.2) is 24.6 Å². The maximum absolute atomic E-state index is 12.6. The van der Waals surface area contributed by atoms with E-state index in [0.29, 0.717) is 6.61 Å². The molecule has 1 N–H and O–H groups in total. The summed E-state index contributed by atoms with van der Waals surface area (Å²) in [5.41, 5.74) is 1.71. The van der Waals surface area contributed by atoms with Crippen LogP contribution in [0.25, 0.3) is 0 Å². The SMILES string of the molecule is CCCCO[PH](=O)N[C@@H](CCC(=O)OCc1ccccc1)C(=O)OCc1ccccc1. The molecule has 0 aliphatic heterocycles. The van der Waals surface area contributed by atoms with Gasteiger partial charge in [0.2, 0.25) is 0 Å². The second-order valence-electron chi connectivity index (χ2n) is 6.96. The van der Waals surface area contributed by atoms with Gasteiger partial charge in [0, 0.05) is 6.42 Å². The highest BCUT2D eigenvalue weighted by molar-refractivity contribution is 7.36. The molecule has 0 saturated heterocycles. The van der Waals surface area contributed by atoms with Crippen molar-refractivity contribution in [3.63, 3.8) is 0 Å². The molecule has 0 fully saturated rings. The fraction of sp³-hybridized carbons (Fsp3) is 0.391. The van der Waals surface area contributed by atoms with Gasteiger partial charge in [0.25, 0.3) is 8.18 Å². The van der Waals surface area contributed by atoms with Gasteiger partial charge in [0.05, 0.1) is 6.61 Å². The zero-order valence-electron chi connectivity index (χ0n) is 17.8. The van der Waals surface area contributed by atoms with Crippen molar-refractivity contribution in [3.05, 3.63) is 71.8 Å². The first-order chi connectivity index (χ1) is 15.1. The molecular formula is C23H30NO6P. The molecule has 2 aromatic rings. The first kappa shape index (κ1) is 24.8. The number of carbonyl (C=O) groups excluding carboxylic acids is 2. The lowest BCUT2D eigenvalue weighted by atomic mass is 10.1. The predicted octanol–water partition coefficient (Wildman–Crippen LogP) is 4.42. The first-order valence-corrected chi connectivity index (χ1v) is 11.7. The molecule has 2 rings (SSSR count). The summed E-state index contributed by atoms with van der Waals surface area (Å²) in [5.74, 6) is -1.03. The van der Waals surface area contributed by atoms with Gasteiger partial charge in [-0.3, -0.25) is 14.2 Å². The maximum Gasteiger partial charge on any atom is 0.323 e. The summed E-state index contributed by atoms with van der Waals surface area (Å²) < 4.78 is 28.0. The van der Waals surface area contributed by atoms with Crippen LogP contribution in [0.15, 0.2) is 60.7 Å². The van der Waals surface area contributed by atoms with Gasteiger partial charge in [-0.05, 0) is 24.0 Å². The number of carbonyl (C=O) groups is 2. The number of rotatable bonds is 14. The summed E-state index contributed by atoms with van der Waals surface area (Å²) >= 11 is 0. The van der Waals surface area contributed by atoms with E-state index in [1.165, 1.54) is 0 Å². The van der Waals surface area contributed by atoms with Gasteiger partial charge >= 0.3 is 11.9 Å². The number of benzene rings is 2. The summed E-state index contributed by atoms with van der Waals surface area (Å²) in [6.07, 6.45) is 1.75. The number of nitrogens with one attached hydrogen (secondary N) is 1. The second-order valence-corrected chi connectivity index (χ2v) is 8.12. The minimum absolute atomic E-state index is 0.0188. The van der Waals surface area contributed by atoms with Gasteiger partial charge in [-0.2, -0.15) is 0 Å². The second kappa shape index (κ2) is 14.5. The van der Waals surface area contributed by atoms with Crippen LogP contribution in [0.3, 0.4) is 0 Å². The molecule has 0 amide bonds. The van der Waals surface area contributed by atoms with Gasteiger partial charge in [-0.15, -0.1) is 0 Å². The number of unbranched alkanes of at least 4 members (excludes halogenated alkanes) is 1. The molecule has 168 valence electrons. The molecule has 1 unspecified atom stereocenters. The largest absolute Gasteiger partial charge is 0.461 e. The third-order valence-electron chi connectivity index (χ3n) is 4.41. The zero-order valence-corrected chi connectivity index (χ0v) is 18.8. The Morgan fingerprint density at radius 1 is 0.935 bits per heavy atom. The van der Waals surface area contributed by atoms with Crippen molar-refractivity contribution in [1.29, 1.82) is 0 Å². The van der Waals surface area contributed by atoms with E-state index in [0.717, 1.165) is 24.0 Å². The average molecular weight is 447 g/mol. The molecule has 0 aromatic heterocycles. The molecule has 8 heteroatoms. The number of esters is 2. The van der Waals surface area contributed by atoms with Crippen LogP contribution in [0, 0.1) is 0 Å². The zero-order chi connectivity index (χ0) is 22.3. The molecule has 0 aliphatic carbocycles. The number of ether oxygens (including phenoxy) is 2. The normalized spacial score (nSPS) is 12.7. The standard InChI is InChI=1S/C23H30NO6P/c1-2-3-16-30-31(27)24-21(23(26)29-18-20-12-8-5-9-13-20)14-15-22(25)28-17-19-10-6-4-7-11-19/h4-13,21,31H,2-3,14-18H2,1H3,(H,24,27)/t21-/m0/s1.